The Morgan fingerprint density at radius 1 is 0.649 bits per heavy atom. The Labute approximate surface area is 210 Å². The van der Waals surface area contributed by atoms with E-state index in [0.717, 1.165) is 43.4 Å². The standard InChI is InChI=1S/C31H12N6/c1-33-27-21(16-32)30-26(28(34-2)29(27)35-3)24-19-12-6-4-10-17(19)18-11-5-7-13-20(18)25(24)31-36-22-14-8-9-15-23(22)37(30)31/h4-15H. The molecule has 166 valence electrons. The molecule has 7 aromatic rings. The summed E-state index contributed by atoms with van der Waals surface area (Å²) in [7, 11) is 0. The Balaban J connectivity index is 2.05. The van der Waals surface area contributed by atoms with Crippen LogP contribution in [0.3, 0.4) is 0 Å². The van der Waals surface area contributed by atoms with E-state index in [9.17, 15) is 5.26 Å². The van der Waals surface area contributed by atoms with Crippen molar-refractivity contribution >= 4 is 77.0 Å². The summed E-state index contributed by atoms with van der Waals surface area (Å²) in [6.45, 7) is 23.8. The van der Waals surface area contributed by atoms with Crippen molar-refractivity contribution in [2.45, 2.75) is 0 Å². The van der Waals surface area contributed by atoms with E-state index >= 15 is 0 Å². The molecule has 37 heavy (non-hydrogen) atoms. The topological polar surface area (TPSA) is 54.2 Å². The molecule has 0 spiro atoms. The van der Waals surface area contributed by atoms with E-state index in [2.05, 4.69) is 26.7 Å². The van der Waals surface area contributed by atoms with Gasteiger partial charge in [0.15, 0.2) is 5.69 Å². The summed E-state index contributed by atoms with van der Waals surface area (Å²) in [6.07, 6.45) is 0. The molecule has 2 heterocycles. The summed E-state index contributed by atoms with van der Waals surface area (Å²) in [5.74, 6) is 0. The molecule has 5 aromatic carbocycles. The molecule has 0 saturated carbocycles. The number of nitriles is 1. The zero-order chi connectivity index (χ0) is 25.3. The van der Waals surface area contributed by atoms with Crippen LogP contribution in [0.25, 0.3) is 74.4 Å². The van der Waals surface area contributed by atoms with Crippen LogP contribution in [0.15, 0.2) is 72.8 Å². The molecule has 0 amide bonds. The number of fused-ring (bicyclic) bond motifs is 13. The SMILES string of the molecule is [C-]#[N+]c1c([N+]#[C-])c(C#N)c2c(c1[N+]#[C-])c1c3ccccc3c3ccccc3c1c1nc3ccccc3n12. The predicted molar refractivity (Wildman–Crippen MR) is 146 cm³/mol. The minimum absolute atomic E-state index is 0.0793. The van der Waals surface area contributed by atoms with Gasteiger partial charge in [0.2, 0.25) is 11.4 Å². The Hall–Kier alpha value is -5.95. The molecule has 0 bridgehead atoms. The lowest BCUT2D eigenvalue weighted by Crippen LogP contribution is -1.97. The highest BCUT2D eigenvalue weighted by Gasteiger charge is 2.27. The number of imidazole rings is 1. The van der Waals surface area contributed by atoms with Crippen molar-refractivity contribution < 1.29 is 0 Å². The monoisotopic (exact) mass is 468 g/mol. The maximum atomic E-state index is 10.3. The fourth-order valence-corrected chi connectivity index (χ4v) is 5.64. The highest BCUT2D eigenvalue weighted by atomic mass is 15.0. The van der Waals surface area contributed by atoms with E-state index in [0.29, 0.717) is 16.6 Å². The van der Waals surface area contributed by atoms with Gasteiger partial charge in [-0.3, -0.25) is 18.9 Å². The average Bonchev–Trinajstić information content (AvgIpc) is 3.34. The van der Waals surface area contributed by atoms with Crippen LogP contribution in [0.4, 0.5) is 17.1 Å². The van der Waals surface area contributed by atoms with Gasteiger partial charge in [-0.05, 0) is 39.1 Å². The maximum Gasteiger partial charge on any atom is 0.203 e. The lowest BCUT2D eigenvalue weighted by atomic mass is 9.90. The van der Waals surface area contributed by atoms with Gasteiger partial charge in [0.05, 0.1) is 42.4 Å². The van der Waals surface area contributed by atoms with Crippen molar-refractivity contribution in [2.24, 2.45) is 0 Å². The number of hydrogen-bond acceptors (Lipinski definition) is 2. The van der Waals surface area contributed by atoms with E-state index in [4.69, 9.17) is 24.7 Å². The Bertz CT molecular complexity index is 2350. The Kier molecular flexibility index (Phi) is 4.01. The van der Waals surface area contributed by atoms with Crippen molar-refractivity contribution in [3.05, 3.63) is 113 Å². The Morgan fingerprint density at radius 3 is 1.84 bits per heavy atom. The van der Waals surface area contributed by atoms with Crippen molar-refractivity contribution in [1.29, 1.82) is 5.26 Å². The van der Waals surface area contributed by atoms with Crippen LogP contribution in [-0.4, -0.2) is 9.38 Å². The van der Waals surface area contributed by atoms with Crippen LogP contribution < -0.4 is 0 Å². The molecule has 0 aliphatic rings. The van der Waals surface area contributed by atoms with E-state index in [1.807, 2.05) is 71.1 Å². The first-order chi connectivity index (χ1) is 18.2. The number of pyridine rings is 1. The van der Waals surface area contributed by atoms with Gasteiger partial charge in [0, 0.05) is 16.3 Å². The molecule has 6 nitrogen and oxygen atoms in total. The number of nitrogens with zero attached hydrogens (tertiary/aromatic N) is 6. The number of para-hydroxylation sites is 2. The molecule has 0 unspecified atom stereocenters. The Morgan fingerprint density at radius 2 is 1.22 bits per heavy atom. The summed E-state index contributed by atoms with van der Waals surface area (Å²) in [5, 5.41) is 16.4. The molecule has 0 fully saturated rings. The first-order valence-corrected chi connectivity index (χ1v) is 11.4. The van der Waals surface area contributed by atoms with Gasteiger partial charge < -0.3 is 0 Å². The molecule has 0 saturated heterocycles. The third-order valence-corrected chi connectivity index (χ3v) is 7.03. The number of hydrogen-bond donors (Lipinski definition) is 0. The smallest absolute Gasteiger partial charge is 0.203 e. The zero-order valence-electron chi connectivity index (χ0n) is 19.1. The second-order valence-corrected chi connectivity index (χ2v) is 8.69. The van der Waals surface area contributed by atoms with Gasteiger partial charge >= 0.3 is 0 Å². The van der Waals surface area contributed by atoms with Crippen LogP contribution in [-0.2, 0) is 0 Å². The third kappa shape index (κ3) is 2.41. The molecule has 7 rings (SSSR count). The number of aromatic nitrogens is 2. The van der Waals surface area contributed by atoms with Gasteiger partial charge in [-0.25, -0.2) is 4.98 Å². The molecule has 0 aliphatic carbocycles. The number of rotatable bonds is 0. The predicted octanol–water partition coefficient (Wildman–Crippen LogP) is 8.62. The molecular formula is C31H12N6. The average molecular weight is 468 g/mol. The molecule has 0 atom stereocenters. The van der Waals surface area contributed by atoms with E-state index in [1.165, 1.54) is 0 Å². The molecule has 0 radical (unpaired) electrons. The summed E-state index contributed by atoms with van der Waals surface area (Å²) < 4.78 is 1.89. The first kappa shape index (κ1) is 20.4. The summed E-state index contributed by atoms with van der Waals surface area (Å²) >= 11 is 0. The van der Waals surface area contributed by atoms with Gasteiger partial charge in [-0.2, -0.15) is 5.26 Å². The van der Waals surface area contributed by atoms with Gasteiger partial charge in [-0.15, -0.1) is 0 Å². The van der Waals surface area contributed by atoms with Gasteiger partial charge in [0.1, 0.15) is 5.65 Å². The lowest BCUT2D eigenvalue weighted by Gasteiger charge is -2.18. The van der Waals surface area contributed by atoms with Crippen molar-refractivity contribution in [1.82, 2.24) is 9.38 Å². The molecule has 6 heteroatoms. The van der Waals surface area contributed by atoms with E-state index < -0.39 is 0 Å². The maximum absolute atomic E-state index is 10.3. The summed E-state index contributed by atoms with van der Waals surface area (Å²) in [6, 6.07) is 25.9. The third-order valence-electron chi connectivity index (χ3n) is 7.03. The van der Waals surface area contributed by atoms with Crippen LogP contribution in [0, 0.1) is 31.0 Å². The van der Waals surface area contributed by atoms with Crippen LogP contribution in [0.5, 0.6) is 0 Å². The quantitative estimate of drug-likeness (QED) is 0.165. The highest BCUT2D eigenvalue weighted by Crippen LogP contribution is 2.52. The van der Waals surface area contributed by atoms with Crippen molar-refractivity contribution in [3.8, 4) is 6.07 Å². The van der Waals surface area contributed by atoms with Crippen molar-refractivity contribution in [3.63, 3.8) is 0 Å². The summed E-state index contributed by atoms with van der Waals surface area (Å²) in [5.41, 5.74) is 2.56. The van der Waals surface area contributed by atoms with Crippen LogP contribution in [0.1, 0.15) is 5.56 Å². The zero-order valence-corrected chi connectivity index (χ0v) is 19.1. The van der Waals surface area contributed by atoms with E-state index in [1.54, 1.807) is 0 Å². The van der Waals surface area contributed by atoms with Crippen LogP contribution >= 0.6 is 0 Å². The lowest BCUT2D eigenvalue weighted by molar-refractivity contribution is 1.31. The fraction of sp³-hybridized carbons (Fsp3) is 0. The minimum Gasteiger partial charge on any atom is -0.293 e. The largest absolute Gasteiger partial charge is 0.293 e. The minimum atomic E-state index is -0.0977. The van der Waals surface area contributed by atoms with E-state index in [-0.39, 0.29) is 22.6 Å². The van der Waals surface area contributed by atoms with Crippen molar-refractivity contribution in [2.75, 3.05) is 0 Å². The fourth-order valence-electron chi connectivity index (χ4n) is 5.64. The second kappa shape index (κ2) is 7.27. The summed E-state index contributed by atoms with van der Waals surface area (Å²) in [4.78, 5) is 16.0. The normalized spacial score (nSPS) is 11.1. The molecule has 2 aromatic heterocycles. The van der Waals surface area contributed by atoms with Gasteiger partial charge in [-0.1, -0.05) is 60.7 Å². The molecule has 0 aliphatic heterocycles. The highest BCUT2D eigenvalue weighted by molar-refractivity contribution is 6.37. The second-order valence-electron chi connectivity index (χ2n) is 8.69. The molecule has 0 N–H and O–H groups in total. The van der Waals surface area contributed by atoms with Gasteiger partial charge in [0.25, 0.3) is 0 Å². The molecular weight excluding hydrogens is 456 g/mol. The first-order valence-electron chi connectivity index (χ1n) is 11.4. The number of benzene rings is 5. The van der Waals surface area contributed by atoms with Crippen LogP contribution in [0.2, 0.25) is 0 Å².